The van der Waals surface area contributed by atoms with E-state index in [9.17, 15) is 9.90 Å². The molecule has 0 aliphatic rings. The Morgan fingerprint density at radius 1 is 0.941 bits per heavy atom. The van der Waals surface area contributed by atoms with Crippen molar-refractivity contribution in [3.8, 4) is 0 Å². The van der Waals surface area contributed by atoms with Crippen LogP contribution in [0.15, 0.2) is 60.7 Å². The van der Waals surface area contributed by atoms with Crippen molar-refractivity contribution in [2.75, 3.05) is 0 Å². The second kappa shape index (κ2) is 5.30. The maximum Gasteiger partial charge on any atom is 0.311 e. The van der Waals surface area contributed by atoms with Crippen LogP contribution in [0, 0.1) is 0 Å². The summed E-state index contributed by atoms with van der Waals surface area (Å²) in [6.07, 6.45) is 0.528. The molecule has 2 aromatic rings. The summed E-state index contributed by atoms with van der Waals surface area (Å²) in [7, 11) is 0. The molecular weight excluding hydrogens is 212 g/mol. The Bertz CT molecular complexity index is 477. The van der Waals surface area contributed by atoms with Gasteiger partial charge >= 0.3 is 5.97 Å². The lowest BCUT2D eigenvalue weighted by Gasteiger charge is -2.12. The standard InChI is InChI=1S/C15H14O2/c16-15(17)14(13-9-5-2-6-10-13)11-12-7-3-1-4-8-12/h1-10,14H,11H2,(H,16,17). The Kier molecular flexibility index (Phi) is 3.55. The van der Waals surface area contributed by atoms with Crippen LogP contribution in [-0.2, 0) is 11.2 Å². The number of aliphatic carboxylic acids is 1. The predicted molar refractivity (Wildman–Crippen MR) is 67.0 cm³/mol. The fourth-order valence-electron chi connectivity index (χ4n) is 1.88. The molecule has 0 aliphatic heterocycles. The lowest BCUT2D eigenvalue weighted by Crippen LogP contribution is -2.14. The van der Waals surface area contributed by atoms with Gasteiger partial charge in [0.05, 0.1) is 5.92 Å². The Morgan fingerprint density at radius 2 is 1.47 bits per heavy atom. The van der Waals surface area contributed by atoms with Crippen molar-refractivity contribution in [1.82, 2.24) is 0 Å². The number of carbonyl (C=O) groups is 1. The molecule has 0 saturated heterocycles. The third kappa shape index (κ3) is 2.94. The number of hydrogen-bond acceptors (Lipinski definition) is 1. The van der Waals surface area contributed by atoms with Crippen LogP contribution in [0.3, 0.4) is 0 Å². The molecule has 0 fully saturated rings. The van der Waals surface area contributed by atoms with E-state index in [-0.39, 0.29) is 0 Å². The molecule has 0 radical (unpaired) electrons. The van der Waals surface area contributed by atoms with Crippen LogP contribution < -0.4 is 0 Å². The molecule has 1 N–H and O–H groups in total. The van der Waals surface area contributed by atoms with E-state index in [0.29, 0.717) is 6.42 Å². The van der Waals surface area contributed by atoms with Crippen molar-refractivity contribution in [2.24, 2.45) is 0 Å². The van der Waals surface area contributed by atoms with Crippen LogP contribution >= 0.6 is 0 Å². The molecule has 0 amide bonds. The van der Waals surface area contributed by atoms with Gasteiger partial charge in [0.15, 0.2) is 0 Å². The minimum absolute atomic E-state index is 0.474. The Hall–Kier alpha value is -2.09. The first-order valence-electron chi connectivity index (χ1n) is 5.59. The zero-order valence-electron chi connectivity index (χ0n) is 9.41. The van der Waals surface area contributed by atoms with Crippen LogP contribution in [0.5, 0.6) is 0 Å². The van der Waals surface area contributed by atoms with E-state index in [4.69, 9.17) is 0 Å². The van der Waals surface area contributed by atoms with E-state index < -0.39 is 11.9 Å². The van der Waals surface area contributed by atoms with Gasteiger partial charge in [0, 0.05) is 0 Å². The van der Waals surface area contributed by atoms with Gasteiger partial charge in [0.2, 0.25) is 0 Å². The molecule has 1 atom stereocenters. The zero-order chi connectivity index (χ0) is 12.1. The molecular formula is C15H14O2. The summed E-state index contributed by atoms with van der Waals surface area (Å²) in [6, 6.07) is 19.1. The maximum atomic E-state index is 11.3. The SMILES string of the molecule is O=C(O)C(Cc1ccccc1)c1ccccc1. The summed E-state index contributed by atoms with van der Waals surface area (Å²) in [5, 5.41) is 9.29. The molecule has 1 unspecified atom stereocenters. The van der Waals surface area contributed by atoms with Crippen LogP contribution in [-0.4, -0.2) is 11.1 Å². The van der Waals surface area contributed by atoms with Gasteiger partial charge in [-0.15, -0.1) is 0 Å². The summed E-state index contributed by atoms with van der Waals surface area (Å²) < 4.78 is 0. The van der Waals surface area contributed by atoms with Crippen molar-refractivity contribution in [3.05, 3.63) is 71.8 Å². The van der Waals surface area contributed by atoms with E-state index in [0.717, 1.165) is 11.1 Å². The number of benzene rings is 2. The van der Waals surface area contributed by atoms with Gasteiger partial charge < -0.3 is 5.11 Å². The second-order valence-corrected chi connectivity index (χ2v) is 3.99. The molecule has 86 valence electrons. The van der Waals surface area contributed by atoms with Gasteiger partial charge in [-0.1, -0.05) is 60.7 Å². The average molecular weight is 226 g/mol. The average Bonchev–Trinajstić information content (AvgIpc) is 2.38. The van der Waals surface area contributed by atoms with Gasteiger partial charge in [-0.25, -0.2) is 0 Å². The molecule has 0 bridgehead atoms. The molecule has 0 aromatic heterocycles. The van der Waals surface area contributed by atoms with E-state index in [1.54, 1.807) is 0 Å². The van der Waals surface area contributed by atoms with Gasteiger partial charge in [0.1, 0.15) is 0 Å². The first-order chi connectivity index (χ1) is 8.27. The summed E-state index contributed by atoms with van der Waals surface area (Å²) in [5.41, 5.74) is 1.90. The van der Waals surface area contributed by atoms with E-state index in [1.807, 2.05) is 60.7 Å². The van der Waals surface area contributed by atoms with Crippen LogP contribution in [0.4, 0.5) is 0 Å². The fraction of sp³-hybridized carbons (Fsp3) is 0.133. The second-order valence-electron chi connectivity index (χ2n) is 3.99. The highest BCUT2D eigenvalue weighted by Gasteiger charge is 2.19. The normalized spacial score (nSPS) is 12.0. The molecule has 2 heteroatoms. The first kappa shape index (κ1) is 11.4. The number of hydrogen-bond donors (Lipinski definition) is 1. The van der Waals surface area contributed by atoms with Gasteiger partial charge in [-0.2, -0.15) is 0 Å². The van der Waals surface area contributed by atoms with Crippen LogP contribution in [0.2, 0.25) is 0 Å². The minimum atomic E-state index is -0.778. The van der Waals surface area contributed by atoms with E-state index in [2.05, 4.69) is 0 Å². The Labute approximate surface area is 101 Å². The monoisotopic (exact) mass is 226 g/mol. The van der Waals surface area contributed by atoms with E-state index >= 15 is 0 Å². The number of carboxylic acid groups (broad SMARTS) is 1. The van der Waals surface area contributed by atoms with Crippen LogP contribution in [0.25, 0.3) is 0 Å². The quantitative estimate of drug-likeness (QED) is 0.869. The Morgan fingerprint density at radius 3 is 2.00 bits per heavy atom. The predicted octanol–water partition coefficient (Wildman–Crippen LogP) is 3.10. The third-order valence-corrected chi connectivity index (χ3v) is 2.78. The van der Waals surface area contributed by atoms with Crippen LogP contribution in [0.1, 0.15) is 17.0 Å². The largest absolute Gasteiger partial charge is 0.481 e. The van der Waals surface area contributed by atoms with Crippen molar-refractivity contribution in [3.63, 3.8) is 0 Å². The van der Waals surface area contributed by atoms with Crippen molar-refractivity contribution in [1.29, 1.82) is 0 Å². The molecule has 0 heterocycles. The van der Waals surface area contributed by atoms with Gasteiger partial charge in [-0.3, -0.25) is 4.79 Å². The number of rotatable bonds is 4. The topological polar surface area (TPSA) is 37.3 Å². The van der Waals surface area contributed by atoms with Crippen molar-refractivity contribution in [2.45, 2.75) is 12.3 Å². The lowest BCUT2D eigenvalue weighted by molar-refractivity contribution is -0.138. The molecule has 0 aliphatic carbocycles. The molecule has 0 spiro atoms. The smallest absolute Gasteiger partial charge is 0.311 e. The number of carboxylic acids is 1. The Balaban J connectivity index is 2.23. The summed E-state index contributed by atoms with van der Waals surface area (Å²) in [4.78, 5) is 11.3. The minimum Gasteiger partial charge on any atom is -0.481 e. The van der Waals surface area contributed by atoms with Crippen molar-refractivity contribution >= 4 is 5.97 Å². The molecule has 2 aromatic carbocycles. The summed E-state index contributed by atoms with van der Waals surface area (Å²) in [5.74, 6) is -1.25. The highest BCUT2D eigenvalue weighted by Crippen LogP contribution is 2.20. The highest BCUT2D eigenvalue weighted by molar-refractivity contribution is 5.76. The third-order valence-electron chi connectivity index (χ3n) is 2.78. The summed E-state index contributed by atoms with van der Waals surface area (Å²) in [6.45, 7) is 0. The van der Waals surface area contributed by atoms with E-state index in [1.165, 1.54) is 0 Å². The van der Waals surface area contributed by atoms with Gasteiger partial charge in [0.25, 0.3) is 0 Å². The molecule has 2 nitrogen and oxygen atoms in total. The zero-order valence-corrected chi connectivity index (χ0v) is 9.41. The van der Waals surface area contributed by atoms with Crippen molar-refractivity contribution < 1.29 is 9.90 Å². The highest BCUT2D eigenvalue weighted by atomic mass is 16.4. The summed E-state index contributed by atoms with van der Waals surface area (Å²) >= 11 is 0. The molecule has 0 saturated carbocycles. The fourth-order valence-corrected chi connectivity index (χ4v) is 1.88. The van der Waals surface area contributed by atoms with Gasteiger partial charge in [-0.05, 0) is 17.5 Å². The molecule has 17 heavy (non-hydrogen) atoms. The lowest BCUT2D eigenvalue weighted by atomic mass is 9.92. The first-order valence-corrected chi connectivity index (χ1v) is 5.59. The molecule has 2 rings (SSSR count). The maximum absolute atomic E-state index is 11.3.